The van der Waals surface area contributed by atoms with E-state index in [4.69, 9.17) is 0 Å². The first-order valence-electron chi connectivity index (χ1n) is 16.4. The predicted molar refractivity (Wildman–Crippen MR) is 204 cm³/mol. The number of benzene rings is 7. The second kappa shape index (κ2) is 11.8. The minimum atomic E-state index is 1.13. The van der Waals surface area contributed by atoms with Crippen molar-refractivity contribution in [3.8, 4) is 33.6 Å². The second-order valence-corrected chi connectivity index (χ2v) is 12.2. The fourth-order valence-corrected chi connectivity index (χ4v) is 7.05. The Bertz CT molecular complexity index is 2580. The molecule has 7 aromatic carbocycles. The highest BCUT2D eigenvalue weighted by atomic mass is 15.0. The van der Waals surface area contributed by atoms with E-state index in [1.807, 2.05) is 0 Å². The lowest BCUT2D eigenvalue weighted by Gasteiger charge is -2.12. The second-order valence-electron chi connectivity index (χ2n) is 12.2. The van der Waals surface area contributed by atoms with Crippen molar-refractivity contribution >= 4 is 44.7 Å². The lowest BCUT2D eigenvalue weighted by atomic mass is 9.98. The van der Waals surface area contributed by atoms with Crippen molar-refractivity contribution in [1.82, 2.24) is 9.13 Å². The van der Waals surface area contributed by atoms with E-state index in [2.05, 4.69) is 203 Å². The van der Waals surface area contributed by atoms with Crippen LogP contribution in [0.5, 0.6) is 0 Å². The van der Waals surface area contributed by atoms with Gasteiger partial charge in [-0.1, -0.05) is 133 Å². The summed E-state index contributed by atoms with van der Waals surface area (Å²) in [4.78, 5) is 0. The molecule has 0 spiro atoms. The standard InChI is InChI=1S/C46H32N2/c1-2-11-33(12-3-1)34-21-25-39(26-22-34)47-41(31-37-14-5-8-19-45(37)47)29-30-42-32-38-15-6-9-20-46(38)48(42)40-27-23-36(24-28-40)44-18-10-16-35-13-4-7-17-43(35)44/h1-32H/b30-29-. The van der Waals surface area contributed by atoms with Gasteiger partial charge in [-0.25, -0.2) is 0 Å². The molecule has 0 amide bonds. The molecular weight excluding hydrogens is 581 g/mol. The zero-order chi connectivity index (χ0) is 31.9. The number of para-hydroxylation sites is 2. The third-order valence-corrected chi connectivity index (χ3v) is 9.36. The average Bonchev–Trinajstić information content (AvgIpc) is 3.72. The summed E-state index contributed by atoms with van der Waals surface area (Å²) in [7, 11) is 0. The third-order valence-electron chi connectivity index (χ3n) is 9.36. The van der Waals surface area contributed by atoms with Crippen LogP contribution in [0.2, 0.25) is 0 Å². The Hall–Kier alpha value is -6.38. The maximum atomic E-state index is 2.36. The van der Waals surface area contributed by atoms with Gasteiger partial charge in [-0.15, -0.1) is 0 Å². The number of rotatable bonds is 6. The SMILES string of the molecule is C(=C/c1cc2ccccc2n1-c1ccc(-c2cccc3ccccc23)cc1)/c1cc2ccccc2n1-c1ccc(-c2ccccc2)cc1. The van der Waals surface area contributed by atoms with Gasteiger partial charge in [0, 0.05) is 33.5 Å². The fraction of sp³-hybridized carbons (Fsp3) is 0. The molecule has 2 heterocycles. The highest BCUT2D eigenvalue weighted by molar-refractivity contribution is 5.97. The van der Waals surface area contributed by atoms with Gasteiger partial charge in [0.25, 0.3) is 0 Å². The highest BCUT2D eigenvalue weighted by Gasteiger charge is 2.13. The normalized spacial score (nSPS) is 11.7. The predicted octanol–water partition coefficient (Wildman–Crippen LogP) is 12.2. The molecule has 9 rings (SSSR count). The quantitative estimate of drug-likeness (QED) is 0.177. The van der Waals surface area contributed by atoms with Gasteiger partial charge in [0.2, 0.25) is 0 Å². The number of aromatic nitrogens is 2. The van der Waals surface area contributed by atoms with Crippen LogP contribution in [0.1, 0.15) is 11.4 Å². The molecule has 9 aromatic rings. The zero-order valence-electron chi connectivity index (χ0n) is 26.4. The molecule has 0 atom stereocenters. The maximum Gasteiger partial charge on any atom is 0.0534 e. The van der Waals surface area contributed by atoms with Crippen molar-refractivity contribution in [2.45, 2.75) is 0 Å². The summed E-state index contributed by atoms with van der Waals surface area (Å²) in [5, 5.41) is 4.96. The number of fused-ring (bicyclic) bond motifs is 3. The molecule has 0 saturated heterocycles. The summed E-state index contributed by atoms with van der Waals surface area (Å²) in [6.07, 6.45) is 4.50. The van der Waals surface area contributed by atoms with Gasteiger partial charge in [0.05, 0.1) is 11.0 Å². The van der Waals surface area contributed by atoms with Gasteiger partial charge in [0.15, 0.2) is 0 Å². The fourth-order valence-electron chi connectivity index (χ4n) is 7.05. The van der Waals surface area contributed by atoms with E-state index < -0.39 is 0 Å². The lowest BCUT2D eigenvalue weighted by molar-refractivity contribution is 1.10. The molecule has 0 fully saturated rings. The van der Waals surface area contributed by atoms with Crippen LogP contribution >= 0.6 is 0 Å². The molecule has 0 aliphatic carbocycles. The molecular formula is C46H32N2. The largest absolute Gasteiger partial charge is 0.310 e. The summed E-state index contributed by atoms with van der Waals surface area (Å²) >= 11 is 0. The number of hydrogen-bond acceptors (Lipinski definition) is 0. The Morgan fingerprint density at radius 1 is 0.333 bits per heavy atom. The molecule has 0 aliphatic rings. The summed E-state index contributed by atoms with van der Waals surface area (Å²) in [6, 6.07) is 65.3. The van der Waals surface area contributed by atoms with E-state index in [9.17, 15) is 0 Å². The third kappa shape index (κ3) is 4.92. The first kappa shape index (κ1) is 27.9. The van der Waals surface area contributed by atoms with E-state index in [0.29, 0.717) is 0 Å². The summed E-state index contributed by atoms with van der Waals surface area (Å²) < 4.78 is 4.72. The first-order chi connectivity index (χ1) is 23.8. The number of nitrogens with zero attached hydrogens (tertiary/aromatic N) is 2. The molecule has 2 heteroatoms. The first-order valence-corrected chi connectivity index (χ1v) is 16.4. The Morgan fingerprint density at radius 3 is 1.40 bits per heavy atom. The average molecular weight is 613 g/mol. The molecule has 2 nitrogen and oxygen atoms in total. The molecule has 226 valence electrons. The van der Waals surface area contributed by atoms with E-state index in [0.717, 1.165) is 22.8 Å². The van der Waals surface area contributed by atoms with Crippen LogP contribution < -0.4 is 0 Å². The van der Waals surface area contributed by atoms with Crippen molar-refractivity contribution in [3.63, 3.8) is 0 Å². The van der Waals surface area contributed by atoms with Crippen molar-refractivity contribution in [2.24, 2.45) is 0 Å². The van der Waals surface area contributed by atoms with Gasteiger partial charge in [-0.2, -0.15) is 0 Å². The highest BCUT2D eigenvalue weighted by Crippen LogP contribution is 2.33. The van der Waals surface area contributed by atoms with Crippen molar-refractivity contribution in [3.05, 3.63) is 193 Å². The molecule has 2 aromatic heterocycles. The Morgan fingerprint density at radius 2 is 0.792 bits per heavy atom. The summed E-state index contributed by atoms with van der Waals surface area (Å²) in [6.45, 7) is 0. The number of hydrogen-bond donors (Lipinski definition) is 0. The van der Waals surface area contributed by atoms with Crippen molar-refractivity contribution in [2.75, 3.05) is 0 Å². The van der Waals surface area contributed by atoms with Crippen LogP contribution in [0, 0.1) is 0 Å². The zero-order valence-corrected chi connectivity index (χ0v) is 26.4. The minimum absolute atomic E-state index is 1.13. The van der Waals surface area contributed by atoms with E-state index in [1.165, 1.54) is 54.8 Å². The van der Waals surface area contributed by atoms with Crippen LogP contribution in [0.3, 0.4) is 0 Å². The van der Waals surface area contributed by atoms with E-state index in [1.54, 1.807) is 0 Å². The van der Waals surface area contributed by atoms with Crippen LogP contribution in [0.4, 0.5) is 0 Å². The molecule has 0 saturated carbocycles. The summed E-state index contributed by atoms with van der Waals surface area (Å²) in [5.74, 6) is 0. The smallest absolute Gasteiger partial charge is 0.0534 e. The lowest BCUT2D eigenvalue weighted by Crippen LogP contribution is -1.98. The van der Waals surface area contributed by atoms with Crippen LogP contribution in [-0.4, -0.2) is 9.13 Å². The Kier molecular flexibility index (Phi) is 6.84. The van der Waals surface area contributed by atoms with Gasteiger partial charge in [-0.05, 0) is 93.7 Å². The van der Waals surface area contributed by atoms with Crippen molar-refractivity contribution < 1.29 is 0 Å². The molecule has 0 N–H and O–H groups in total. The topological polar surface area (TPSA) is 9.86 Å². The van der Waals surface area contributed by atoms with Gasteiger partial charge < -0.3 is 9.13 Å². The van der Waals surface area contributed by atoms with E-state index >= 15 is 0 Å². The molecule has 48 heavy (non-hydrogen) atoms. The van der Waals surface area contributed by atoms with Gasteiger partial charge >= 0.3 is 0 Å². The van der Waals surface area contributed by atoms with Crippen LogP contribution in [0.25, 0.3) is 78.4 Å². The molecule has 0 unspecified atom stereocenters. The monoisotopic (exact) mass is 612 g/mol. The Balaban J connectivity index is 1.12. The molecule has 0 aliphatic heterocycles. The Labute approximate surface area is 280 Å². The molecule has 0 bridgehead atoms. The van der Waals surface area contributed by atoms with Gasteiger partial charge in [0.1, 0.15) is 0 Å². The van der Waals surface area contributed by atoms with Crippen LogP contribution in [-0.2, 0) is 0 Å². The van der Waals surface area contributed by atoms with Crippen LogP contribution in [0.15, 0.2) is 182 Å². The van der Waals surface area contributed by atoms with Crippen molar-refractivity contribution in [1.29, 1.82) is 0 Å². The maximum absolute atomic E-state index is 2.36. The molecule has 0 radical (unpaired) electrons. The van der Waals surface area contributed by atoms with E-state index in [-0.39, 0.29) is 0 Å². The van der Waals surface area contributed by atoms with Gasteiger partial charge in [-0.3, -0.25) is 0 Å². The minimum Gasteiger partial charge on any atom is -0.310 e. The summed E-state index contributed by atoms with van der Waals surface area (Å²) in [5.41, 5.74) is 11.8.